The van der Waals surface area contributed by atoms with Crippen molar-refractivity contribution < 1.29 is 4.74 Å². The van der Waals surface area contributed by atoms with Crippen molar-refractivity contribution in [1.29, 1.82) is 0 Å². The second kappa shape index (κ2) is 7.31. The summed E-state index contributed by atoms with van der Waals surface area (Å²) < 4.78 is 5.68. The van der Waals surface area contributed by atoms with Gasteiger partial charge in [-0.2, -0.15) is 0 Å². The van der Waals surface area contributed by atoms with Crippen molar-refractivity contribution in [2.45, 2.75) is 53.6 Å². The van der Waals surface area contributed by atoms with E-state index in [2.05, 4.69) is 36.1 Å². The zero-order valence-corrected chi connectivity index (χ0v) is 12.2. The lowest BCUT2D eigenvalue weighted by molar-refractivity contribution is 0.0534. The third-order valence-electron chi connectivity index (χ3n) is 2.98. The van der Waals surface area contributed by atoms with Crippen molar-refractivity contribution in [3.05, 3.63) is 17.1 Å². The minimum absolute atomic E-state index is 0.00326. The van der Waals surface area contributed by atoms with E-state index in [9.17, 15) is 0 Å². The first-order valence-corrected chi connectivity index (χ1v) is 6.84. The summed E-state index contributed by atoms with van der Waals surface area (Å²) in [6.45, 7) is 11.9. The maximum Gasteiger partial charge on any atom is 0.159 e. The van der Waals surface area contributed by atoms with Crippen LogP contribution >= 0.6 is 0 Å². The van der Waals surface area contributed by atoms with E-state index in [1.54, 1.807) is 0 Å². The first-order chi connectivity index (χ1) is 8.63. The Morgan fingerprint density at radius 1 is 1.17 bits per heavy atom. The molecule has 18 heavy (non-hydrogen) atoms. The second-order valence-electron chi connectivity index (χ2n) is 4.42. The van der Waals surface area contributed by atoms with E-state index < -0.39 is 0 Å². The van der Waals surface area contributed by atoms with Gasteiger partial charge in [-0.15, -0.1) is 0 Å². The fourth-order valence-electron chi connectivity index (χ4n) is 1.79. The van der Waals surface area contributed by atoms with E-state index in [-0.39, 0.29) is 6.10 Å². The standard InChI is InChI=1S/C14H25N3O/c1-6-9-15-13-10(4)11(5)16-14(17-13)12(7-2)18-8-3/h12H,6-9H2,1-5H3,(H,15,16,17). The van der Waals surface area contributed by atoms with Crippen molar-refractivity contribution in [2.24, 2.45) is 0 Å². The van der Waals surface area contributed by atoms with E-state index >= 15 is 0 Å². The minimum Gasteiger partial charge on any atom is -0.371 e. The molecule has 1 aromatic rings. The molecule has 4 heteroatoms. The van der Waals surface area contributed by atoms with Gasteiger partial charge in [-0.05, 0) is 33.6 Å². The molecule has 4 nitrogen and oxygen atoms in total. The van der Waals surface area contributed by atoms with Crippen molar-refractivity contribution >= 4 is 5.82 Å². The van der Waals surface area contributed by atoms with Gasteiger partial charge < -0.3 is 10.1 Å². The number of aryl methyl sites for hydroxylation is 1. The van der Waals surface area contributed by atoms with Crippen LogP contribution in [0.4, 0.5) is 5.82 Å². The maximum atomic E-state index is 5.68. The molecule has 0 saturated heterocycles. The highest BCUT2D eigenvalue weighted by atomic mass is 16.5. The molecule has 1 heterocycles. The highest BCUT2D eigenvalue weighted by Crippen LogP contribution is 2.22. The largest absolute Gasteiger partial charge is 0.371 e. The molecule has 1 aromatic heterocycles. The van der Waals surface area contributed by atoms with Gasteiger partial charge in [0, 0.05) is 24.4 Å². The summed E-state index contributed by atoms with van der Waals surface area (Å²) in [6, 6.07) is 0. The van der Waals surface area contributed by atoms with Crippen LogP contribution < -0.4 is 5.32 Å². The molecule has 0 amide bonds. The molecule has 0 spiro atoms. The normalized spacial score (nSPS) is 12.5. The molecule has 0 aliphatic rings. The van der Waals surface area contributed by atoms with Crippen LogP contribution in [-0.2, 0) is 4.74 Å². The molecule has 1 rings (SSSR count). The van der Waals surface area contributed by atoms with Crippen molar-refractivity contribution in [3.8, 4) is 0 Å². The zero-order chi connectivity index (χ0) is 13.5. The highest BCUT2D eigenvalue weighted by Gasteiger charge is 2.15. The van der Waals surface area contributed by atoms with Crippen LogP contribution in [0.25, 0.3) is 0 Å². The molecule has 0 aromatic carbocycles. The van der Waals surface area contributed by atoms with Crippen LogP contribution in [0.3, 0.4) is 0 Å². The number of hydrogen-bond acceptors (Lipinski definition) is 4. The van der Waals surface area contributed by atoms with Gasteiger partial charge >= 0.3 is 0 Å². The first-order valence-electron chi connectivity index (χ1n) is 6.84. The van der Waals surface area contributed by atoms with Crippen LogP contribution in [0.1, 0.15) is 56.8 Å². The minimum atomic E-state index is -0.00326. The lowest BCUT2D eigenvalue weighted by Crippen LogP contribution is -2.13. The summed E-state index contributed by atoms with van der Waals surface area (Å²) in [6.07, 6.45) is 1.97. The molecular weight excluding hydrogens is 226 g/mol. The Labute approximate surface area is 110 Å². The second-order valence-corrected chi connectivity index (χ2v) is 4.42. The Kier molecular flexibility index (Phi) is 6.05. The SMILES string of the molecule is CCCNc1nc(C(CC)OCC)nc(C)c1C. The average molecular weight is 251 g/mol. The van der Waals surface area contributed by atoms with Crippen LogP contribution in [0.2, 0.25) is 0 Å². The van der Waals surface area contributed by atoms with Gasteiger partial charge in [0.1, 0.15) is 11.9 Å². The molecule has 0 bridgehead atoms. The van der Waals surface area contributed by atoms with Gasteiger partial charge in [-0.3, -0.25) is 0 Å². The average Bonchev–Trinajstić information content (AvgIpc) is 2.37. The van der Waals surface area contributed by atoms with Gasteiger partial charge in [0.15, 0.2) is 5.82 Å². The molecular formula is C14H25N3O. The number of nitrogens with zero attached hydrogens (tertiary/aromatic N) is 2. The van der Waals surface area contributed by atoms with Gasteiger partial charge in [-0.25, -0.2) is 9.97 Å². The molecule has 0 aliphatic carbocycles. The smallest absolute Gasteiger partial charge is 0.159 e. The van der Waals surface area contributed by atoms with Crippen LogP contribution in [0.5, 0.6) is 0 Å². The monoisotopic (exact) mass is 251 g/mol. The Balaban J connectivity index is 3.01. The molecule has 0 radical (unpaired) electrons. The number of hydrogen-bond donors (Lipinski definition) is 1. The summed E-state index contributed by atoms with van der Waals surface area (Å²) in [5.41, 5.74) is 2.15. The number of nitrogens with one attached hydrogen (secondary N) is 1. The van der Waals surface area contributed by atoms with Gasteiger partial charge in [0.2, 0.25) is 0 Å². The number of aromatic nitrogens is 2. The molecule has 0 fully saturated rings. The van der Waals surface area contributed by atoms with Crippen molar-refractivity contribution in [3.63, 3.8) is 0 Å². The Morgan fingerprint density at radius 3 is 2.44 bits per heavy atom. The fourth-order valence-corrected chi connectivity index (χ4v) is 1.79. The van der Waals surface area contributed by atoms with Crippen LogP contribution in [-0.4, -0.2) is 23.1 Å². The van der Waals surface area contributed by atoms with Crippen molar-refractivity contribution in [1.82, 2.24) is 9.97 Å². The van der Waals surface area contributed by atoms with E-state index in [1.165, 1.54) is 0 Å². The molecule has 1 atom stereocenters. The lowest BCUT2D eigenvalue weighted by Gasteiger charge is -2.17. The van der Waals surface area contributed by atoms with Crippen molar-refractivity contribution in [2.75, 3.05) is 18.5 Å². The lowest BCUT2D eigenvalue weighted by atomic mass is 10.2. The number of rotatable bonds is 7. The summed E-state index contributed by atoms with van der Waals surface area (Å²) in [7, 11) is 0. The molecule has 102 valence electrons. The van der Waals surface area contributed by atoms with Crippen LogP contribution in [0.15, 0.2) is 0 Å². The third kappa shape index (κ3) is 3.67. The molecule has 0 saturated carbocycles. The quantitative estimate of drug-likeness (QED) is 0.806. The molecule has 0 aliphatic heterocycles. The van der Waals surface area contributed by atoms with E-state index in [4.69, 9.17) is 4.74 Å². The maximum absolute atomic E-state index is 5.68. The Morgan fingerprint density at radius 2 is 1.89 bits per heavy atom. The summed E-state index contributed by atoms with van der Waals surface area (Å²) in [5.74, 6) is 1.73. The predicted molar refractivity (Wildman–Crippen MR) is 74.9 cm³/mol. The topological polar surface area (TPSA) is 47.0 Å². The summed E-state index contributed by atoms with van der Waals surface area (Å²) in [5, 5.41) is 3.36. The highest BCUT2D eigenvalue weighted by molar-refractivity contribution is 5.45. The molecule has 1 unspecified atom stereocenters. The predicted octanol–water partition coefficient (Wildman–Crippen LogP) is 3.40. The fraction of sp³-hybridized carbons (Fsp3) is 0.714. The summed E-state index contributed by atoms with van der Waals surface area (Å²) in [4.78, 5) is 9.17. The zero-order valence-electron chi connectivity index (χ0n) is 12.2. The van der Waals surface area contributed by atoms with Crippen LogP contribution in [0, 0.1) is 13.8 Å². The van der Waals surface area contributed by atoms with Gasteiger partial charge in [-0.1, -0.05) is 13.8 Å². The van der Waals surface area contributed by atoms with E-state index in [0.717, 1.165) is 42.3 Å². The Bertz CT molecular complexity index is 380. The number of ether oxygens (including phenoxy) is 1. The summed E-state index contributed by atoms with van der Waals surface area (Å²) >= 11 is 0. The van der Waals surface area contributed by atoms with E-state index in [1.807, 2.05) is 13.8 Å². The van der Waals surface area contributed by atoms with E-state index in [0.29, 0.717) is 6.61 Å². The number of anilines is 1. The first kappa shape index (κ1) is 14.9. The third-order valence-corrected chi connectivity index (χ3v) is 2.98. The Hall–Kier alpha value is -1.16. The van der Waals surface area contributed by atoms with Gasteiger partial charge in [0.25, 0.3) is 0 Å². The molecule has 1 N–H and O–H groups in total. The van der Waals surface area contributed by atoms with Gasteiger partial charge in [0.05, 0.1) is 0 Å².